The van der Waals surface area contributed by atoms with Crippen molar-refractivity contribution in [3.05, 3.63) is 119 Å². The van der Waals surface area contributed by atoms with Crippen LogP contribution in [0.25, 0.3) is 21.5 Å². The minimum absolute atomic E-state index is 0.0787. The van der Waals surface area contributed by atoms with Gasteiger partial charge in [0.05, 0.1) is 12.4 Å². The Kier molecular flexibility index (Phi) is 6.77. The average Bonchev–Trinajstić information content (AvgIpc) is 2.95. The first-order valence-corrected chi connectivity index (χ1v) is 11.7. The molecule has 2 amide bonds. The summed E-state index contributed by atoms with van der Waals surface area (Å²) in [7, 11) is 0. The Bertz CT molecular complexity index is 1600. The monoisotopic (exact) mass is 502 g/mol. The maximum absolute atomic E-state index is 12.4. The lowest BCUT2D eigenvalue weighted by Gasteiger charge is -2.05. The van der Waals surface area contributed by atoms with Crippen molar-refractivity contribution in [2.45, 2.75) is 0 Å². The number of nitrogens with one attached hydrogen (secondary N) is 2. The van der Waals surface area contributed by atoms with Gasteiger partial charge in [0.1, 0.15) is 11.5 Å². The summed E-state index contributed by atoms with van der Waals surface area (Å²) in [6.07, 6.45) is 2.74. The third-order valence-corrected chi connectivity index (χ3v) is 6.01. The summed E-state index contributed by atoms with van der Waals surface area (Å²) >= 11 is 0. The average molecular weight is 503 g/mol. The van der Waals surface area contributed by atoms with Crippen molar-refractivity contribution in [2.75, 3.05) is 0 Å². The van der Waals surface area contributed by atoms with E-state index >= 15 is 0 Å². The number of carbonyl (C=O) groups is 2. The van der Waals surface area contributed by atoms with E-state index in [1.165, 1.54) is 36.7 Å². The summed E-state index contributed by atoms with van der Waals surface area (Å²) in [5, 5.41) is 31.9. The van der Waals surface area contributed by atoms with Crippen LogP contribution < -0.4 is 10.9 Å². The Morgan fingerprint density at radius 2 is 0.947 bits per heavy atom. The lowest BCUT2D eigenvalue weighted by Crippen LogP contribution is -2.19. The largest absolute Gasteiger partial charge is 0.507 e. The van der Waals surface area contributed by atoms with Crippen LogP contribution in [0.1, 0.15) is 31.8 Å². The number of amides is 2. The Morgan fingerprint density at radius 1 is 0.553 bits per heavy atom. The van der Waals surface area contributed by atoms with Crippen molar-refractivity contribution < 1.29 is 19.8 Å². The van der Waals surface area contributed by atoms with Crippen molar-refractivity contribution in [2.24, 2.45) is 10.2 Å². The van der Waals surface area contributed by atoms with Crippen LogP contribution in [-0.2, 0) is 0 Å². The lowest BCUT2D eigenvalue weighted by atomic mass is 10.1. The first kappa shape index (κ1) is 24.2. The van der Waals surface area contributed by atoms with Crippen LogP contribution in [0.4, 0.5) is 0 Å². The van der Waals surface area contributed by atoms with E-state index in [9.17, 15) is 19.8 Å². The first-order chi connectivity index (χ1) is 18.5. The predicted octanol–water partition coefficient (Wildman–Crippen LogP) is 4.93. The zero-order chi connectivity index (χ0) is 26.5. The van der Waals surface area contributed by atoms with E-state index in [0.29, 0.717) is 33.0 Å². The van der Waals surface area contributed by atoms with Crippen LogP contribution in [0.15, 0.2) is 107 Å². The molecule has 38 heavy (non-hydrogen) atoms. The van der Waals surface area contributed by atoms with Gasteiger partial charge in [-0.2, -0.15) is 10.2 Å². The fraction of sp³-hybridized carbons (Fsp3) is 0. The quantitative estimate of drug-likeness (QED) is 0.194. The van der Waals surface area contributed by atoms with Crippen LogP contribution in [0.2, 0.25) is 0 Å². The van der Waals surface area contributed by atoms with Crippen molar-refractivity contribution in [3.8, 4) is 11.5 Å². The second-order valence-electron chi connectivity index (χ2n) is 8.42. The highest BCUT2D eigenvalue weighted by Crippen LogP contribution is 2.28. The van der Waals surface area contributed by atoms with Crippen molar-refractivity contribution in [1.29, 1.82) is 0 Å². The van der Waals surface area contributed by atoms with E-state index in [4.69, 9.17) is 0 Å². The molecule has 0 heterocycles. The summed E-state index contributed by atoms with van der Waals surface area (Å²) in [4.78, 5) is 24.9. The molecule has 0 saturated heterocycles. The van der Waals surface area contributed by atoms with Gasteiger partial charge in [-0.1, -0.05) is 60.7 Å². The third-order valence-electron chi connectivity index (χ3n) is 6.01. The molecule has 5 rings (SSSR count). The number of benzene rings is 5. The third kappa shape index (κ3) is 5.05. The number of phenols is 2. The zero-order valence-corrected chi connectivity index (χ0v) is 20.0. The molecule has 0 saturated carbocycles. The van der Waals surface area contributed by atoms with E-state index in [2.05, 4.69) is 21.1 Å². The molecule has 5 aromatic rings. The topological polar surface area (TPSA) is 123 Å². The van der Waals surface area contributed by atoms with Crippen LogP contribution in [0.5, 0.6) is 11.5 Å². The number of aromatic hydroxyl groups is 2. The summed E-state index contributed by atoms with van der Waals surface area (Å²) in [6.45, 7) is 0. The standard InChI is InChI=1S/C30H22N4O4/c35-27-23(15-9-19-5-1-3-7-25(19)27)17-31-33-29(37)21-11-13-22(14-12-21)30(38)34-32-18-24-16-10-20-6-2-4-8-26(20)28(24)36/h1-18,35-36H,(H,33,37)(H,34,38)/b31-17+,32-18+. The Morgan fingerprint density at radius 3 is 1.37 bits per heavy atom. The van der Waals surface area contributed by atoms with E-state index in [-0.39, 0.29) is 11.5 Å². The SMILES string of the molecule is O=C(N/N=C/c1ccc2ccccc2c1O)c1ccc(C(=O)N/N=C/c2ccc3ccccc3c2O)cc1. The van der Waals surface area contributed by atoms with Gasteiger partial charge in [-0.15, -0.1) is 0 Å². The normalized spacial score (nSPS) is 11.4. The number of phenolic OH excluding ortho intramolecular Hbond substituents is 2. The summed E-state index contributed by atoms with van der Waals surface area (Å²) in [5.41, 5.74) is 6.35. The zero-order valence-electron chi connectivity index (χ0n) is 20.0. The number of carbonyl (C=O) groups excluding carboxylic acids is 2. The minimum atomic E-state index is -0.474. The van der Waals surface area contributed by atoms with Crippen molar-refractivity contribution >= 4 is 45.8 Å². The highest BCUT2D eigenvalue weighted by molar-refractivity contribution is 6.01. The first-order valence-electron chi connectivity index (χ1n) is 11.7. The van der Waals surface area contributed by atoms with Gasteiger partial charge in [0, 0.05) is 33.0 Å². The number of hydrogen-bond acceptors (Lipinski definition) is 6. The van der Waals surface area contributed by atoms with Gasteiger partial charge in [0.2, 0.25) is 0 Å². The molecule has 0 unspecified atom stereocenters. The van der Waals surface area contributed by atoms with Crippen molar-refractivity contribution in [3.63, 3.8) is 0 Å². The summed E-state index contributed by atoms with van der Waals surface area (Å²) in [5.74, 6) is -0.790. The van der Waals surface area contributed by atoms with E-state index in [0.717, 1.165) is 10.8 Å². The molecule has 0 radical (unpaired) electrons. The fourth-order valence-electron chi connectivity index (χ4n) is 3.98. The van der Waals surface area contributed by atoms with Gasteiger partial charge < -0.3 is 10.2 Å². The summed E-state index contributed by atoms with van der Waals surface area (Å²) < 4.78 is 0. The molecule has 0 aliphatic carbocycles. The minimum Gasteiger partial charge on any atom is -0.507 e. The van der Waals surface area contributed by atoms with Gasteiger partial charge in [-0.05, 0) is 47.2 Å². The Balaban J connectivity index is 1.19. The van der Waals surface area contributed by atoms with Crippen LogP contribution in [0, 0.1) is 0 Å². The molecule has 0 aromatic heterocycles. The molecule has 5 aromatic carbocycles. The molecule has 0 fully saturated rings. The molecule has 0 aliphatic rings. The van der Waals surface area contributed by atoms with Crippen LogP contribution in [0.3, 0.4) is 0 Å². The molecule has 8 heteroatoms. The molecule has 0 aliphatic heterocycles. The fourth-order valence-corrected chi connectivity index (χ4v) is 3.98. The van der Waals surface area contributed by atoms with Gasteiger partial charge in [0.15, 0.2) is 0 Å². The molecule has 0 spiro atoms. The molecule has 186 valence electrons. The number of rotatable bonds is 6. The number of fused-ring (bicyclic) bond motifs is 2. The maximum Gasteiger partial charge on any atom is 0.271 e. The van der Waals surface area contributed by atoms with Crippen LogP contribution >= 0.6 is 0 Å². The molecule has 4 N–H and O–H groups in total. The van der Waals surface area contributed by atoms with Crippen LogP contribution in [-0.4, -0.2) is 34.5 Å². The number of hydrogen-bond donors (Lipinski definition) is 4. The summed E-state index contributed by atoms with van der Waals surface area (Å²) in [6, 6.07) is 27.9. The van der Waals surface area contributed by atoms with Crippen molar-refractivity contribution in [1.82, 2.24) is 10.9 Å². The molecular formula is C30H22N4O4. The smallest absolute Gasteiger partial charge is 0.271 e. The second-order valence-corrected chi connectivity index (χ2v) is 8.42. The van der Waals surface area contributed by atoms with Gasteiger partial charge >= 0.3 is 0 Å². The van der Waals surface area contributed by atoms with Gasteiger partial charge in [0.25, 0.3) is 11.8 Å². The number of nitrogens with zero attached hydrogens (tertiary/aromatic N) is 2. The Labute approximate surface area is 217 Å². The second kappa shape index (κ2) is 10.6. The molecular weight excluding hydrogens is 480 g/mol. The molecule has 0 atom stereocenters. The maximum atomic E-state index is 12.4. The highest BCUT2D eigenvalue weighted by Gasteiger charge is 2.09. The predicted molar refractivity (Wildman–Crippen MR) is 148 cm³/mol. The Hall–Kier alpha value is -5.50. The molecule has 0 bridgehead atoms. The molecule has 8 nitrogen and oxygen atoms in total. The number of hydrazone groups is 2. The van der Waals surface area contributed by atoms with E-state index in [1.54, 1.807) is 24.3 Å². The highest BCUT2D eigenvalue weighted by atomic mass is 16.3. The van der Waals surface area contributed by atoms with Gasteiger partial charge in [-0.3, -0.25) is 9.59 Å². The van der Waals surface area contributed by atoms with E-state index in [1.807, 2.05) is 48.5 Å². The van der Waals surface area contributed by atoms with E-state index < -0.39 is 11.8 Å². The van der Waals surface area contributed by atoms with Gasteiger partial charge in [-0.25, -0.2) is 10.9 Å². The lowest BCUT2D eigenvalue weighted by molar-refractivity contribution is 0.0943.